The Morgan fingerprint density at radius 3 is 2.62 bits per heavy atom. The van der Waals surface area contributed by atoms with Crippen LogP contribution in [0.15, 0.2) is 58.1 Å². The second kappa shape index (κ2) is 9.06. The number of nitrogens with zero attached hydrogens (tertiary/aromatic N) is 5. The Morgan fingerprint density at radius 2 is 1.88 bits per heavy atom. The Hall–Kier alpha value is -4.05. The van der Waals surface area contributed by atoms with Crippen LogP contribution in [0.2, 0.25) is 0 Å². The number of benzene rings is 2. The molecule has 2 N–H and O–H groups in total. The Bertz CT molecular complexity index is 1350. The monoisotopic (exact) mass is 461 g/mol. The summed E-state index contributed by atoms with van der Waals surface area (Å²) < 4.78 is 12.7. The molecule has 4 aromatic rings. The second-order valence-electron chi connectivity index (χ2n) is 8.37. The molecule has 3 heterocycles. The average Bonchev–Trinajstić information content (AvgIpc) is 3.50. The third kappa shape index (κ3) is 4.40. The summed E-state index contributed by atoms with van der Waals surface area (Å²) in [6, 6.07) is 12.1. The standard InChI is InChI=1S/C24H27N7O3/c1-16-4-5-20(33-3)13-21(16)28-23-25-14-22(34-23)17-10-18(30-8-6-29(2)7-9-30)12-19(11-17)31-24(32)26-15-27-31/h4-5,10-15H,6-9H2,1-3H3,(H,25,28)(H,26,27,32). The van der Waals surface area contributed by atoms with Gasteiger partial charge in [0.15, 0.2) is 5.76 Å². The Labute approximate surface area is 196 Å². The van der Waals surface area contributed by atoms with E-state index < -0.39 is 0 Å². The molecular formula is C24H27N7O3. The van der Waals surface area contributed by atoms with Crippen LogP contribution >= 0.6 is 0 Å². The summed E-state index contributed by atoms with van der Waals surface area (Å²) >= 11 is 0. The smallest absolute Gasteiger partial charge is 0.347 e. The SMILES string of the molecule is COc1ccc(C)c(Nc2ncc(-c3cc(N4CCN(C)CC4)cc(-n4nc[nH]c4=O)c3)o2)c1. The number of aryl methyl sites for hydroxylation is 1. The van der Waals surface area contributed by atoms with Gasteiger partial charge in [-0.1, -0.05) is 6.07 Å². The molecule has 1 aliphatic heterocycles. The number of hydrogen-bond donors (Lipinski definition) is 2. The van der Waals surface area contributed by atoms with Gasteiger partial charge in [0.2, 0.25) is 0 Å². The number of methoxy groups -OCH3 is 1. The molecule has 0 saturated carbocycles. The second-order valence-corrected chi connectivity index (χ2v) is 8.37. The van der Waals surface area contributed by atoms with Crippen LogP contribution in [-0.4, -0.2) is 65.0 Å². The molecule has 0 aliphatic carbocycles. The number of likely N-dealkylation sites (N-methyl/N-ethyl adjacent to an activating group) is 1. The first kappa shape index (κ1) is 21.8. The molecule has 1 aliphatic rings. The van der Waals surface area contributed by atoms with Gasteiger partial charge in [-0.2, -0.15) is 9.78 Å². The van der Waals surface area contributed by atoms with Crippen LogP contribution in [-0.2, 0) is 0 Å². The van der Waals surface area contributed by atoms with E-state index in [9.17, 15) is 4.79 Å². The van der Waals surface area contributed by atoms with Gasteiger partial charge in [0.05, 0.1) is 19.0 Å². The maximum Gasteiger partial charge on any atom is 0.347 e. The molecule has 1 saturated heterocycles. The average molecular weight is 462 g/mol. The maximum atomic E-state index is 12.3. The Kier molecular flexibility index (Phi) is 5.81. The first-order valence-electron chi connectivity index (χ1n) is 11.1. The van der Waals surface area contributed by atoms with Crippen molar-refractivity contribution in [3.8, 4) is 22.8 Å². The van der Waals surface area contributed by atoms with Crippen LogP contribution < -0.4 is 20.6 Å². The van der Waals surface area contributed by atoms with Crippen LogP contribution in [0.1, 0.15) is 5.56 Å². The topological polar surface area (TPSA) is 104 Å². The predicted octanol–water partition coefficient (Wildman–Crippen LogP) is 3.03. The number of aromatic nitrogens is 4. The van der Waals surface area contributed by atoms with Gasteiger partial charge in [-0.05, 0) is 43.8 Å². The zero-order valence-electron chi connectivity index (χ0n) is 19.4. The largest absolute Gasteiger partial charge is 0.497 e. The molecule has 10 heteroatoms. The van der Waals surface area contributed by atoms with Gasteiger partial charge in [-0.25, -0.2) is 9.78 Å². The number of piperazine rings is 1. The van der Waals surface area contributed by atoms with Gasteiger partial charge in [0.1, 0.15) is 12.1 Å². The van der Waals surface area contributed by atoms with E-state index in [0.29, 0.717) is 17.5 Å². The molecule has 0 spiro atoms. The van der Waals surface area contributed by atoms with Gasteiger partial charge in [0.25, 0.3) is 6.01 Å². The highest BCUT2D eigenvalue weighted by atomic mass is 16.5. The molecule has 0 bridgehead atoms. The highest BCUT2D eigenvalue weighted by Gasteiger charge is 2.18. The predicted molar refractivity (Wildman–Crippen MR) is 130 cm³/mol. The summed E-state index contributed by atoms with van der Waals surface area (Å²) in [6.45, 7) is 5.73. The molecule has 0 atom stereocenters. The van der Waals surface area contributed by atoms with Crippen LogP contribution in [0.5, 0.6) is 5.75 Å². The molecule has 0 amide bonds. The fourth-order valence-electron chi connectivity index (χ4n) is 3.99. The maximum absolute atomic E-state index is 12.3. The van der Waals surface area contributed by atoms with E-state index in [-0.39, 0.29) is 5.69 Å². The number of nitrogens with one attached hydrogen (secondary N) is 2. The lowest BCUT2D eigenvalue weighted by molar-refractivity contribution is 0.313. The fraction of sp³-hybridized carbons (Fsp3) is 0.292. The summed E-state index contributed by atoms with van der Waals surface area (Å²) in [5, 5.41) is 7.38. The molecule has 5 rings (SSSR count). The summed E-state index contributed by atoms with van der Waals surface area (Å²) in [4.78, 5) is 23.9. The van der Waals surface area contributed by atoms with Crippen molar-refractivity contribution >= 4 is 17.4 Å². The lowest BCUT2D eigenvalue weighted by atomic mass is 10.1. The molecule has 0 unspecified atom stereocenters. The zero-order valence-corrected chi connectivity index (χ0v) is 19.4. The summed E-state index contributed by atoms with van der Waals surface area (Å²) in [5.74, 6) is 1.33. The summed E-state index contributed by atoms with van der Waals surface area (Å²) in [7, 11) is 3.75. The molecular weight excluding hydrogens is 434 g/mol. The number of hydrogen-bond acceptors (Lipinski definition) is 8. The van der Waals surface area contributed by atoms with Crippen molar-refractivity contribution in [2.24, 2.45) is 0 Å². The van der Waals surface area contributed by atoms with Crippen LogP contribution in [0.3, 0.4) is 0 Å². The van der Waals surface area contributed by atoms with Gasteiger partial charge in [0, 0.05) is 49.2 Å². The van der Waals surface area contributed by atoms with E-state index in [1.807, 2.05) is 37.3 Å². The Morgan fingerprint density at radius 1 is 1.09 bits per heavy atom. The van der Waals surface area contributed by atoms with Crippen molar-refractivity contribution in [1.82, 2.24) is 24.6 Å². The first-order valence-corrected chi connectivity index (χ1v) is 11.1. The van der Waals surface area contributed by atoms with E-state index in [1.54, 1.807) is 13.3 Å². The molecule has 2 aromatic carbocycles. The molecule has 176 valence electrons. The molecule has 1 fully saturated rings. The number of oxazole rings is 1. The number of anilines is 3. The minimum atomic E-state index is -0.296. The number of rotatable bonds is 6. The van der Waals surface area contributed by atoms with Crippen LogP contribution in [0.4, 0.5) is 17.4 Å². The van der Waals surface area contributed by atoms with Crippen molar-refractivity contribution in [3.05, 3.63) is 65.0 Å². The van der Waals surface area contributed by atoms with Gasteiger partial charge >= 0.3 is 5.69 Å². The third-order valence-corrected chi connectivity index (χ3v) is 6.05. The van der Waals surface area contributed by atoms with Gasteiger partial charge in [-0.3, -0.25) is 4.98 Å². The van der Waals surface area contributed by atoms with Crippen molar-refractivity contribution in [1.29, 1.82) is 0 Å². The lowest BCUT2D eigenvalue weighted by Gasteiger charge is -2.34. The fourth-order valence-corrected chi connectivity index (χ4v) is 3.99. The first-order chi connectivity index (χ1) is 16.5. The molecule has 10 nitrogen and oxygen atoms in total. The number of aromatic amines is 1. The quantitative estimate of drug-likeness (QED) is 0.452. The highest BCUT2D eigenvalue weighted by molar-refractivity contribution is 5.70. The van der Waals surface area contributed by atoms with E-state index >= 15 is 0 Å². The van der Waals surface area contributed by atoms with E-state index in [1.165, 1.54) is 11.0 Å². The van der Waals surface area contributed by atoms with E-state index in [0.717, 1.165) is 54.4 Å². The third-order valence-electron chi connectivity index (χ3n) is 6.05. The van der Waals surface area contributed by atoms with Crippen molar-refractivity contribution in [2.45, 2.75) is 6.92 Å². The minimum Gasteiger partial charge on any atom is -0.497 e. The van der Waals surface area contributed by atoms with E-state index in [2.05, 4.69) is 43.3 Å². The molecule has 34 heavy (non-hydrogen) atoms. The molecule has 0 radical (unpaired) electrons. The summed E-state index contributed by atoms with van der Waals surface area (Å²) in [5.41, 5.74) is 4.07. The van der Waals surface area contributed by atoms with Crippen molar-refractivity contribution in [3.63, 3.8) is 0 Å². The highest BCUT2D eigenvalue weighted by Crippen LogP contribution is 2.32. The Balaban J connectivity index is 1.50. The minimum absolute atomic E-state index is 0.296. The molecule has 2 aromatic heterocycles. The van der Waals surface area contributed by atoms with Crippen LogP contribution in [0, 0.1) is 6.92 Å². The lowest BCUT2D eigenvalue weighted by Crippen LogP contribution is -2.44. The van der Waals surface area contributed by atoms with Crippen LogP contribution in [0.25, 0.3) is 17.0 Å². The number of ether oxygens (including phenoxy) is 1. The zero-order chi connectivity index (χ0) is 23.7. The van der Waals surface area contributed by atoms with Gasteiger partial charge in [-0.15, -0.1) is 0 Å². The summed E-state index contributed by atoms with van der Waals surface area (Å²) in [6.07, 6.45) is 3.06. The number of H-pyrrole nitrogens is 1. The van der Waals surface area contributed by atoms with Gasteiger partial charge < -0.3 is 24.3 Å². The van der Waals surface area contributed by atoms with Crippen molar-refractivity contribution < 1.29 is 9.15 Å². The van der Waals surface area contributed by atoms with Crippen molar-refractivity contribution in [2.75, 3.05) is 50.6 Å². The van der Waals surface area contributed by atoms with E-state index in [4.69, 9.17) is 9.15 Å². The normalized spacial score (nSPS) is 14.4.